The summed E-state index contributed by atoms with van der Waals surface area (Å²) in [5.41, 5.74) is 3.26. The molecule has 2 amide bonds. The van der Waals surface area contributed by atoms with E-state index in [1.54, 1.807) is 42.2 Å². The first-order valence-corrected chi connectivity index (χ1v) is 14.0. The van der Waals surface area contributed by atoms with E-state index >= 15 is 0 Å². The van der Waals surface area contributed by atoms with Gasteiger partial charge in [-0.3, -0.25) is 14.3 Å². The van der Waals surface area contributed by atoms with Crippen LogP contribution in [0.2, 0.25) is 0 Å². The van der Waals surface area contributed by atoms with Crippen LogP contribution in [-0.2, 0) is 14.8 Å². The fourth-order valence-electron chi connectivity index (χ4n) is 5.14. The highest BCUT2D eigenvalue weighted by Crippen LogP contribution is 2.26. The van der Waals surface area contributed by atoms with Gasteiger partial charge in [0.1, 0.15) is 6.04 Å². The summed E-state index contributed by atoms with van der Waals surface area (Å²) in [6.07, 6.45) is 6.87. The molecule has 0 bridgehead atoms. The Morgan fingerprint density at radius 2 is 1.60 bits per heavy atom. The van der Waals surface area contributed by atoms with E-state index in [0.717, 1.165) is 43.2 Å². The van der Waals surface area contributed by atoms with Gasteiger partial charge in [-0.25, -0.2) is 8.42 Å². The third-order valence-electron chi connectivity index (χ3n) is 7.21. The highest BCUT2D eigenvalue weighted by atomic mass is 32.2. The van der Waals surface area contributed by atoms with E-state index in [-0.39, 0.29) is 22.8 Å². The molecule has 1 saturated carbocycles. The van der Waals surface area contributed by atoms with Gasteiger partial charge < -0.3 is 10.2 Å². The molecule has 4 rings (SSSR count). The number of carbonyl (C=O) groups excluding carboxylic acids is 2. The molecular weight excluding hydrogens is 462 g/mol. The number of likely N-dealkylation sites (tertiary alicyclic amines) is 1. The van der Waals surface area contributed by atoms with Crippen LogP contribution < -0.4 is 10.0 Å². The van der Waals surface area contributed by atoms with Crippen LogP contribution in [0.1, 0.15) is 72.0 Å². The summed E-state index contributed by atoms with van der Waals surface area (Å²) in [4.78, 5) is 28.1. The highest BCUT2D eigenvalue weighted by molar-refractivity contribution is 7.92. The van der Waals surface area contributed by atoms with Crippen LogP contribution >= 0.6 is 0 Å². The summed E-state index contributed by atoms with van der Waals surface area (Å²) in [5, 5.41) is 3.15. The van der Waals surface area contributed by atoms with E-state index in [9.17, 15) is 18.0 Å². The summed E-state index contributed by atoms with van der Waals surface area (Å²) >= 11 is 0. The maximum Gasteiger partial charge on any atom is 0.262 e. The fourth-order valence-corrected chi connectivity index (χ4v) is 6.50. The maximum atomic E-state index is 13.3. The second-order valence-electron chi connectivity index (χ2n) is 9.89. The standard InChI is InChI=1S/C27H35N3O4S/c1-18-15-20(3)25(16-19(18)2)35(33,34)29-23-12-7-9-21(17-23)27(32)30-14-8-13-24(30)26(31)28-22-10-5-4-6-11-22/h7,9,12,15-17,22,24,29H,4-6,8,10-11,13-14H2,1-3H3,(H,28,31)/t24-/m1/s1. The quantitative estimate of drug-likeness (QED) is 0.616. The number of sulfonamides is 1. The van der Waals surface area contributed by atoms with Gasteiger partial charge in [-0.05, 0) is 87.4 Å². The molecule has 0 spiro atoms. The molecule has 2 aliphatic rings. The topological polar surface area (TPSA) is 95.6 Å². The predicted octanol–water partition coefficient (Wildman–Crippen LogP) is 4.47. The number of carbonyl (C=O) groups is 2. The van der Waals surface area contributed by atoms with Crippen molar-refractivity contribution in [3.8, 4) is 0 Å². The molecule has 35 heavy (non-hydrogen) atoms. The number of rotatable bonds is 6. The van der Waals surface area contributed by atoms with Crippen LogP contribution in [0.25, 0.3) is 0 Å². The Kier molecular flexibility index (Phi) is 7.50. The zero-order valence-corrected chi connectivity index (χ0v) is 21.6. The zero-order chi connectivity index (χ0) is 25.2. The van der Waals surface area contributed by atoms with Gasteiger partial charge in [0.2, 0.25) is 5.91 Å². The molecule has 0 radical (unpaired) electrons. The number of benzene rings is 2. The van der Waals surface area contributed by atoms with Crippen molar-refractivity contribution in [2.24, 2.45) is 0 Å². The van der Waals surface area contributed by atoms with Gasteiger partial charge in [-0.15, -0.1) is 0 Å². The van der Waals surface area contributed by atoms with Gasteiger partial charge in [0, 0.05) is 23.8 Å². The lowest BCUT2D eigenvalue weighted by molar-refractivity contribution is -0.125. The molecule has 7 nitrogen and oxygen atoms in total. The minimum absolute atomic E-state index is 0.0789. The SMILES string of the molecule is Cc1cc(C)c(S(=O)(=O)Nc2cccc(C(=O)N3CCC[C@@H]3C(=O)NC3CCCCC3)c2)cc1C. The van der Waals surface area contributed by atoms with Crippen molar-refractivity contribution >= 4 is 27.5 Å². The Morgan fingerprint density at radius 3 is 2.34 bits per heavy atom. The monoisotopic (exact) mass is 497 g/mol. The Hall–Kier alpha value is -2.87. The minimum atomic E-state index is -3.82. The van der Waals surface area contributed by atoms with Crippen LogP contribution in [0.5, 0.6) is 0 Å². The molecule has 1 atom stereocenters. The van der Waals surface area contributed by atoms with Crippen LogP contribution in [-0.4, -0.2) is 43.8 Å². The first-order valence-electron chi connectivity index (χ1n) is 12.5. The third-order valence-corrected chi connectivity index (χ3v) is 8.73. The molecular formula is C27H35N3O4S. The van der Waals surface area contributed by atoms with E-state index in [2.05, 4.69) is 10.0 Å². The summed E-state index contributed by atoms with van der Waals surface area (Å²) in [6, 6.07) is 9.73. The number of aryl methyl sites for hydroxylation is 3. The van der Waals surface area contributed by atoms with Crippen molar-refractivity contribution < 1.29 is 18.0 Å². The highest BCUT2D eigenvalue weighted by Gasteiger charge is 2.35. The predicted molar refractivity (Wildman–Crippen MR) is 137 cm³/mol. The molecule has 188 valence electrons. The molecule has 2 aromatic carbocycles. The van der Waals surface area contributed by atoms with E-state index < -0.39 is 16.1 Å². The van der Waals surface area contributed by atoms with Crippen molar-refractivity contribution in [3.63, 3.8) is 0 Å². The Balaban J connectivity index is 1.49. The van der Waals surface area contributed by atoms with Crippen LogP contribution in [0.4, 0.5) is 5.69 Å². The molecule has 1 aliphatic carbocycles. The average Bonchev–Trinajstić information content (AvgIpc) is 3.31. The summed E-state index contributed by atoms with van der Waals surface area (Å²) < 4.78 is 28.8. The lowest BCUT2D eigenvalue weighted by Gasteiger charge is -2.28. The van der Waals surface area contributed by atoms with Gasteiger partial charge in [0.05, 0.1) is 4.90 Å². The smallest absolute Gasteiger partial charge is 0.262 e. The Bertz CT molecular complexity index is 1220. The van der Waals surface area contributed by atoms with Crippen LogP contribution in [0, 0.1) is 20.8 Å². The van der Waals surface area contributed by atoms with Gasteiger partial charge in [-0.1, -0.05) is 31.4 Å². The first-order chi connectivity index (χ1) is 16.7. The summed E-state index contributed by atoms with van der Waals surface area (Å²) in [5.74, 6) is -0.334. The third kappa shape index (κ3) is 5.69. The molecule has 2 aromatic rings. The number of nitrogens with zero attached hydrogens (tertiary/aromatic N) is 1. The molecule has 1 aliphatic heterocycles. The molecule has 2 N–H and O–H groups in total. The molecule has 1 heterocycles. The fraction of sp³-hybridized carbons (Fsp3) is 0.481. The Morgan fingerprint density at radius 1 is 0.886 bits per heavy atom. The van der Waals surface area contributed by atoms with E-state index in [1.807, 2.05) is 19.9 Å². The van der Waals surface area contributed by atoms with Crippen molar-refractivity contribution in [3.05, 3.63) is 58.7 Å². The summed E-state index contributed by atoms with van der Waals surface area (Å²) in [7, 11) is -3.82. The van der Waals surface area contributed by atoms with Gasteiger partial charge in [0.25, 0.3) is 15.9 Å². The van der Waals surface area contributed by atoms with E-state index in [1.165, 1.54) is 6.42 Å². The molecule has 8 heteroatoms. The average molecular weight is 498 g/mol. The lowest BCUT2D eigenvalue weighted by Crippen LogP contribution is -2.49. The summed E-state index contributed by atoms with van der Waals surface area (Å²) in [6.45, 7) is 6.11. The number of hydrogen-bond acceptors (Lipinski definition) is 4. The molecule has 1 saturated heterocycles. The normalized spacial score (nSPS) is 18.9. The van der Waals surface area contributed by atoms with E-state index in [0.29, 0.717) is 29.8 Å². The zero-order valence-electron chi connectivity index (χ0n) is 20.8. The second-order valence-corrected chi connectivity index (χ2v) is 11.5. The number of amides is 2. The van der Waals surface area contributed by atoms with Crippen LogP contribution in [0.3, 0.4) is 0 Å². The van der Waals surface area contributed by atoms with Gasteiger partial charge >= 0.3 is 0 Å². The lowest BCUT2D eigenvalue weighted by atomic mass is 9.95. The van der Waals surface area contributed by atoms with Crippen molar-refractivity contribution in [2.45, 2.75) is 82.7 Å². The van der Waals surface area contributed by atoms with Crippen molar-refractivity contribution in [2.75, 3.05) is 11.3 Å². The van der Waals surface area contributed by atoms with E-state index in [4.69, 9.17) is 0 Å². The second kappa shape index (κ2) is 10.4. The van der Waals surface area contributed by atoms with Crippen LogP contribution in [0.15, 0.2) is 41.3 Å². The number of hydrogen-bond donors (Lipinski definition) is 2. The largest absolute Gasteiger partial charge is 0.352 e. The van der Waals surface area contributed by atoms with Crippen molar-refractivity contribution in [1.82, 2.24) is 10.2 Å². The number of nitrogens with one attached hydrogen (secondary N) is 2. The molecule has 0 aromatic heterocycles. The molecule has 0 unspecified atom stereocenters. The van der Waals surface area contributed by atoms with Gasteiger partial charge in [0.15, 0.2) is 0 Å². The first kappa shape index (κ1) is 25.2. The number of anilines is 1. The maximum absolute atomic E-state index is 13.3. The Labute approximate surface area is 208 Å². The minimum Gasteiger partial charge on any atom is -0.352 e. The van der Waals surface area contributed by atoms with Crippen molar-refractivity contribution in [1.29, 1.82) is 0 Å². The van der Waals surface area contributed by atoms with Gasteiger partial charge in [-0.2, -0.15) is 0 Å². The molecule has 2 fully saturated rings.